The minimum absolute atomic E-state index is 0.120. The van der Waals surface area contributed by atoms with E-state index in [2.05, 4.69) is 67.9 Å². The molecular formula is C29H23BrN4O. The van der Waals surface area contributed by atoms with E-state index in [0.717, 1.165) is 33.4 Å². The summed E-state index contributed by atoms with van der Waals surface area (Å²) in [6.07, 6.45) is 2.47. The third-order valence-electron chi connectivity index (χ3n) is 5.86. The fourth-order valence-electron chi connectivity index (χ4n) is 4.07. The monoisotopic (exact) mass is 522 g/mol. The maximum Gasteiger partial charge on any atom is 0.272 e. The van der Waals surface area contributed by atoms with Gasteiger partial charge in [0, 0.05) is 10.9 Å². The summed E-state index contributed by atoms with van der Waals surface area (Å²) in [7, 11) is 0. The molecule has 0 bridgehead atoms. The van der Waals surface area contributed by atoms with Crippen molar-refractivity contribution in [1.29, 1.82) is 0 Å². The zero-order valence-corrected chi connectivity index (χ0v) is 20.5. The Hall–Kier alpha value is -4.03. The second-order valence-corrected chi connectivity index (χ2v) is 9.01. The molecule has 6 heteroatoms. The molecule has 4 aromatic carbocycles. The van der Waals surface area contributed by atoms with E-state index in [1.165, 1.54) is 5.56 Å². The van der Waals surface area contributed by atoms with Gasteiger partial charge in [-0.2, -0.15) is 10.2 Å². The summed E-state index contributed by atoms with van der Waals surface area (Å²) in [4.78, 5) is 12.3. The van der Waals surface area contributed by atoms with Crippen LogP contribution >= 0.6 is 15.9 Å². The Bertz CT molecular complexity index is 1370. The second-order valence-electron chi connectivity index (χ2n) is 8.16. The van der Waals surface area contributed by atoms with Crippen LogP contribution in [0, 0.1) is 0 Å². The van der Waals surface area contributed by atoms with Gasteiger partial charge in [-0.3, -0.25) is 9.80 Å². The van der Waals surface area contributed by atoms with Gasteiger partial charge in [0.2, 0.25) is 0 Å². The van der Waals surface area contributed by atoms with Crippen LogP contribution in [0.15, 0.2) is 124 Å². The standard InChI is InChI=1S/C29H23BrN4O/c30-26-14-8-7-13-25(26)29(35)32-31-20-21-15-17-24(18-16-21)34-28(23-11-5-2-6-12-23)19-27(33-34)22-9-3-1-4-10-22/h1-18,20,28H,19H2,(H,32,35)/b31-20+. The van der Waals surface area contributed by atoms with Gasteiger partial charge in [-0.1, -0.05) is 84.9 Å². The van der Waals surface area contributed by atoms with Crippen LogP contribution in [0.25, 0.3) is 0 Å². The summed E-state index contributed by atoms with van der Waals surface area (Å²) in [6.45, 7) is 0. The van der Waals surface area contributed by atoms with Gasteiger partial charge in [-0.25, -0.2) is 5.43 Å². The Kier molecular flexibility index (Phi) is 6.82. The molecule has 5 nitrogen and oxygen atoms in total. The van der Waals surface area contributed by atoms with Crippen LogP contribution in [0.5, 0.6) is 0 Å². The van der Waals surface area contributed by atoms with E-state index in [1.54, 1.807) is 12.3 Å². The highest BCUT2D eigenvalue weighted by Gasteiger charge is 2.29. The van der Waals surface area contributed by atoms with Crippen molar-refractivity contribution in [2.75, 3.05) is 5.01 Å². The number of anilines is 1. The van der Waals surface area contributed by atoms with Gasteiger partial charge in [0.15, 0.2) is 0 Å². The third kappa shape index (κ3) is 5.23. The molecule has 0 radical (unpaired) electrons. The first-order valence-corrected chi connectivity index (χ1v) is 12.1. The number of nitrogens with zero attached hydrogens (tertiary/aromatic N) is 3. The maximum atomic E-state index is 12.3. The van der Waals surface area contributed by atoms with E-state index < -0.39 is 0 Å². The van der Waals surface area contributed by atoms with E-state index in [0.29, 0.717) is 5.56 Å². The van der Waals surface area contributed by atoms with Gasteiger partial charge in [0.1, 0.15) is 0 Å². The highest BCUT2D eigenvalue weighted by Crippen LogP contribution is 2.36. The highest BCUT2D eigenvalue weighted by atomic mass is 79.9. The predicted octanol–water partition coefficient (Wildman–Crippen LogP) is 6.57. The van der Waals surface area contributed by atoms with Crippen molar-refractivity contribution < 1.29 is 4.79 Å². The van der Waals surface area contributed by atoms with Crippen LogP contribution < -0.4 is 10.4 Å². The fourth-order valence-corrected chi connectivity index (χ4v) is 4.54. The Labute approximate surface area is 212 Å². The molecule has 35 heavy (non-hydrogen) atoms. The summed E-state index contributed by atoms with van der Waals surface area (Å²) >= 11 is 3.39. The summed E-state index contributed by atoms with van der Waals surface area (Å²) < 4.78 is 0.728. The number of nitrogens with one attached hydrogen (secondary N) is 1. The summed E-state index contributed by atoms with van der Waals surface area (Å²) in [6, 6.07) is 36.1. The number of carbonyl (C=O) groups is 1. The molecule has 4 aromatic rings. The molecule has 0 saturated carbocycles. The molecule has 1 aliphatic heterocycles. The van der Waals surface area contributed by atoms with Gasteiger partial charge in [0.25, 0.3) is 5.91 Å². The number of hydrogen-bond acceptors (Lipinski definition) is 4. The topological polar surface area (TPSA) is 57.1 Å². The number of hydrazone groups is 2. The lowest BCUT2D eigenvalue weighted by atomic mass is 9.98. The number of carbonyl (C=O) groups excluding carboxylic acids is 1. The average Bonchev–Trinajstić information content (AvgIpc) is 3.36. The van der Waals surface area contributed by atoms with Gasteiger partial charge in [-0.05, 0) is 56.9 Å². The van der Waals surface area contributed by atoms with Crippen molar-refractivity contribution >= 4 is 39.5 Å². The molecule has 172 valence electrons. The molecule has 0 spiro atoms. The molecule has 1 N–H and O–H groups in total. The van der Waals surface area contributed by atoms with Crippen LogP contribution in [0.1, 0.15) is 39.5 Å². The van der Waals surface area contributed by atoms with E-state index in [4.69, 9.17) is 5.10 Å². The molecule has 1 amide bonds. The Morgan fingerprint density at radius 2 is 1.54 bits per heavy atom. The number of hydrogen-bond donors (Lipinski definition) is 1. The average molecular weight is 523 g/mol. The van der Waals surface area contributed by atoms with Crippen molar-refractivity contribution in [2.45, 2.75) is 12.5 Å². The zero-order chi connectivity index (χ0) is 24.0. The van der Waals surface area contributed by atoms with E-state index in [1.807, 2.05) is 66.7 Å². The van der Waals surface area contributed by atoms with Crippen molar-refractivity contribution in [1.82, 2.24) is 5.43 Å². The molecule has 1 unspecified atom stereocenters. The molecule has 1 aliphatic rings. The SMILES string of the molecule is O=C(N/N=C/c1ccc(N2N=C(c3ccccc3)CC2c2ccccc2)cc1)c1ccccc1Br. The van der Waals surface area contributed by atoms with Crippen molar-refractivity contribution in [3.63, 3.8) is 0 Å². The summed E-state index contributed by atoms with van der Waals surface area (Å²) in [5, 5.41) is 11.2. The van der Waals surface area contributed by atoms with Gasteiger partial charge >= 0.3 is 0 Å². The molecule has 0 fully saturated rings. The lowest BCUT2D eigenvalue weighted by molar-refractivity contribution is 0.0954. The predicted molar refractivity (Wildman–Crippen MR) is 145 cm³/mol. The van der Waals surface area contributed by atoms with E-state index in [-0.39, 0.29) is 11.9 Å². The molecule has 5 rings (SSSR count). The number of amides is 1. The minimum atomic E-state index is -0.268. The number of benzene rings is 4. The first-order chi connectivity index (χ1) is 17.2. The smallest absolute Gasteiger partial charge is 0.267 e. The number of halogens is 1. The molecule has 0 aromatic heterocycles. The lowest BCUT2D eigenvalue weighted by Crippen LogP contribution is -2.18. The van der Waals surface area contributed by atoms with Crippen LogP contribution in [0.2, 0.25) is 0 Å². The quantitative estimate of drug-likeness (QED) is 0.230. The molecule has 0 saturated heterocycles. The van der Waals surface area contributed by atoms with Crippen molar-refractivity contribution in [3.8, 4) is 0 Å². The highest BCUT2D eigenvalue weighted by molar-refractivity contribution is 9.10. The van der Waals surface area contributed by atoms with Gasteiger partial charge < -0.3 is 0 Å². The third-order valence-corrected chi connectivity index (χ3v) is 6.55. The Balaban J connectivity index is 1.34. The molecular weight excluding hydrogens is 500 g/mol. The minimum Gasteiger partial charge on any atom is -0.267 e. The lowest BCUT2D eigenvalue weighted by Gasteiger charge is -2.24. The van der Waals surface area contributed by atoms with Crippen LogP contribution in [0.4, 0.5) is 5.69 Å². The van der Waals surface area contributed by atoms with Crippen LogP contribution in [-0.2, 0) is 0 Å². The summed E-state index contributed by atoms with van der Waals surface area (Å²) in [5.41, 5.74) is 8.43. The van der Waals surface area contributed by atoms with Crippen molar-refractivity contribution in [3.05, 3.63) is 136 Å². The van der Waals surface area contributed by atoms with Crippen LogP contribution in [-0.4, -0.2) is 17.8 Å². The normalized spacial score (nSPS) is 15.3. The second kappa shape index (κ2) is 10.5. The fraction of sp³-hybridized carbons (Fsp3) is 0.0690. The van der Waals surface area contributed by atoms with Crippen LogP contribution in [0.3, 0.4) is 0 Å². The Morgan fingerprint density at radius 3 is 2.26 bits per heavy atom. The van der Waals surface area contributed by atoms with Crippen molar-refractivity contribution in [2.24, 2.45) is 10.2 Å². The van der Waals surface area contributed by atoms with E-state index in [9.17, 15) is 4.79 Å². The largest absolute Gasteiger partial charge is 0.272 e. The zero-order valence-electron chi connectivity index (χ0n) is 18.9. The molecule has 1 atom stereocenters. The first-order valence-electron chi connectivity index (χ1n) is 11.3. The Morgan fingerprint density at radius 1 is 0.886 bits per heavy atom. The summed E-state index contributed by atoms with van der Waals surface area (Å²) in [5.74, 6) is -0.268. The van der Waals surface area contributed by atoms with Gasteiger partial charge in [0.05, 0.1) is 29.2 Å². The maximum absolute atomic E-state index is 12.3. The van der Waals surface area contributed by atoms with Gasteiger partial charge in [-0.15, -0.1) is 0 Å². The number of rotatable bonds is 6. The first kappa shape index (κ1) is 22.7. The molecule has 0 aliphatic carbocycles. The molecule has 1 heterocycles. The van der Waals surface area contributed by atoms with E-state index >= 15 is 0 Å².